The predicted molar refractivity (Wildman–Crippen MR) is 138 cm³/mol. The standard InChI is InChI=1S/C26H39ClN4O5/c1-16(28)21(33)31-19(15-36-25(31,5)6)20(32)29-26(14-17-8-10-18(27)11-9-17)12-7-13-30(23(34)35)22(26)24(2,3)4/h8-11,16,19,22H,7,12-15,28H2,1-6H3,(H,29,32)(H,34,35). The molecular weight excluding hydrogens is 484 g/mol. The number of hydrogen-bond donors (Lipinski definition) is 3. The van der Waals surface area contributed by atoms with Gasteiger partial charge in [0.05, 0.1) is 24.2 Å². The summed E-state index contributed by atoms with van der Waals surface area (Å²) in [6.45, 7) is 11.4. The minimum absolute atomic E-state index is 0.0249. The van der Waals surface area contributed by atoms with E-state index in [1.807, 2.05) is 32.9 Å². The predicted octanol–water partition coefficient (Wildman–Crippen LogP) is 3.24. The van der Waals surface area contributed by atoms with Gasteiger partial charge in [-0.15, -0.1) is 0 Å². The van der Waals surface area contributed by atoms with Crippen LogP contribution in [0.25, 0.3) is 0 Å². The fraction of sp³-hybridized carbons (Fsp3) is 0.654. The molecule has 0 spiro atoms. The first-order valence-electron chi connectivity index (χ1n) is 12.4. The lowest BCUT2D eigenvalue weighted by atomic mass is 9.66. The molecule has 3 amide bonds. The smallest absolute Gasteiger partial charge is 0.407 e. The van der Waals surface area contributed by atoms with Crippen molar-refractivity contribution in [3.63, 3.8) is 0 Å². The maximum Gasteiger partial charge on any atom is 0.407 e. The van der Waals surface area contributed by atoms with Gasteiger partial charge < -0.3 is 25.8 Å². The number of nitrogens with zero attached hydrogens (tertiary/aromatic N) is 2. The Morgan fingerprint density at radius 1 is 1.25 bits per heavy atom. The normalized spacial score (nSPS) is 27.0. The van der Waals surface area contributed by atoms with Gasteiger partial charge in [-0.25, -0.2) is 4.79 Å². The van der Waals surface area contributed by atoms with Gasteiger partial charge in [-0.1, -0.05) is 44.5 Å². The van der Waals surface area contributed by atoms with Crippen molar-refractivity contribution < 1.29 is 24.2 Å². The van der Waals surface area contributed by atoms with Gasteiger partial charge in [-0.3, -0.25) is 14.5 Å². The second-order valence-corrected chi connectivity index (χ2v) is 12.0. The molecule has 3 rings (SSSR count). The molecule has 2 aliphatic heterocycles. The lowest BCUT2D eigenvalue weighted by molar-refractivity contribution is -0.151. The Morgan fingerprint density at radius 2 is 1.86 bits per heavy atom. The quantitative estimate of drug-likeness (QED) is 0.545. The highest BCUT2D eigenvalue weighted by Crippen LogP contribution is 2.41. The lowest BCUT2D eigenvalue weighted by Gasteiger charge is -2.55. The van der Waals surface area contributed by atoms with E-state index in [-0.39, 0.29) is 18.4 Å². The summed E-state index contributed by atoms with van der Waals surface area (Å²) in [6.07, 6.45) is 0.538. The number of carboxylic acid groups (broad SMARTS) is 1. The molecule has 2 saturated heterocycles. The maximum atomic E-state index is 13.9. The van der Waals surface area contributed by atoms with Crippen LogP contribution in [-0.2, 0) is 20.7 Å². The van der Waals surface area contributed by atoms with Crippen LogP contribution in [0, 0.1) is 5.41 Å². The molecule has 4 atom stereocenters. The molecule has 1 aromatic rings. The highest BCUT2D eigenvalue weighted by Gasteiger charge is 2.55. The summed E-state index contributed by atoms with van der Waals surface area (Å²) in [5.41, 5.74) is 4.40. The molecule has 2 fully saturated rings. The number of ether oxygens (including phenoxy) is 1. The summed E-state index contributed by atoms with van der Waals surface area (Å²) in [7, 11) is 0. The van der Waals surface area contributed by atoms with E-state index in [0.717, 1.165) is 5.56 Å². The van der Waals surface area contributed by atoms with E-state index in [9.17, 15) is 19.5 Å². The molecule has 2 heterocycles. The van der Waals surface area contributed by atoms with E-state index in [1.54, 1.807) is 32.9 Å². The Kier molecular flexibility index (Phi) is 7.98. The molecule has 9 nitrogen and oxygen atoms in total. The third kappa shape index (κ3) is 5.63. The SMILES string of the molecule is CC(N)C(=O)N1C(C(=O)NC2(Cc3ccc(Cl)cc3)CCCN(C(=O)O)C2C(C)(C)C)COC1(C)C. The van der Waals surface area contributed by atoms with Crippen LogP contribution in [0.4, 0.5) is 4.79 Å². The molecule has 0 saturated carbocycles. The van der Waals surface area contributed by atoms with Crippen molar-refractivity contribution in [2.75, 3.05) is 13.2 Å². The number of nitrogens with two attached hydrogens (primary N) is 1. The summed E-state index contributed by atoms with van der Waals surface area (Å²) in [5, 5.41) is 13.9. The highest BCUT2D eigenvalue weighted by atomic mass is 35.5. The van der Waals surface area contributed by atoms with Crippen molar-refractivity contribution in [3.8, 4) is 0 Å². The van der Waals surface area contributed by atoms with E-state index in [0.29, 0.717) is 30.8 Å². The third-order valence-corrected chi connectivity index (χ3v) is 7.40. The van der Waals surface area contributed by atoms with Crippen molar-refractivity contribution >= 4 is 29.5 Å². The van der Waals surface area contributed by atoms with Gasteiger partial charge in [-0.05, 0) is 63.1 Å². The van der Waals surface area contributed by atoms with Crippen molar-refractivity contribution in [3.05, 3.63) is 34.9 Å². The molecule has 0 radical (unpaired) electrons. The molecule has 0 bridgehead atoms. The van der Waals surface area contributed by atoms with E-state index >= 15 is 0 Å². The monoisotopic (exact) mass is 522 g/mol. The zero-order valence-corrected chi connectivity index (χ0v) is 22.8. The zero-order valence-electron chi connectivity index (χ0n) is 22.0. The Labute approximate surface area is 218 Å². The van der Waals surface area contributed by atoms with E-state index in [4.69, 9.17) is 22.1 Å². The van der Waals surface area contributed by atoms with Crippen molar-refractivity contribution in [2.24, 2.45) is 11.1 Å². The van der Waals surface area contributed by atoms with Crippen LogP contribution in [0.1, 0.15) is 59.9 Å². The Hall–Kier alpha value is -2.36. The number of piperidine rings is 1. The molecule has 10 heteroatoms. The number of amides is 3. The topological polar surface area (TPSA) is 125 Å². The number of carbonyl (C=O) groups excluding carboxylic acids is 2. The van der Waals surface area contributed by atoms with Gasteiger partial charge in [-0.2, -0.15) is 0 Å². The van der Waals surface area contributed by atoms with Gasteiger partial charge in [0.15, 0.2) is 0 Å². The second-order valence-electron chi connectivity index (χ2n) is 11.6. The third-order valence-electron chi connectivity index (χ3n) is 7.14. The molecule has 4 unspecified atom stereocenters. The van der Waals surface area contributed by atoms with Gasteiger partial charge in [0.25, 0.3) is 0 Å². The van der Waals surface area contributed by atoms with Crippen LogP contribution >= 0.6 is 11.6 Å². The van der Waals surface area contributed by atoms with Crippen LogP contribution in [0.15, 0.2) is 24.3 Å². The lowest BCUT2D eigenvalue weighted by Crippen LogP contribution is -2.72. The molecule has 1 aromatic carbocycles. The first-order valence-corrected chi connectivity index (χ1v) is 12.8. The fourth-order valence-electron chi connectivity index (χ4n) is 5.92. The van der Waals surface area contributed by atoms with Crippen molar-refractivity contribution in [1.29, 1.82) is 0 Å². The van der Waals surface area contributed by atoms with Gasteiger partial charge in [0.1, 0.15) is 11.8 Å². The Morgan fingerprint density at radius 3 is 2.39 bits per heavy atom. The van der Waals surface area contributed by atoms with Crippen LogP contribution in [0.2, 0.25) is 5.02 Å². The fourth-order valence-corrected chi connectivity index (χ4v) is 6.05. The van der Waals surface area contributed by atoms with Gasteiger partial charge in [0, 0.05) is 11.6 Å². The number of nitrogens with one attached hydrogen (secondary N) is 1. The molecular formula is C26H39ClN4O5. The Bertz CT molecular complexity index is 991. The summed E-state index contributed by atoms with van der Waals surface area (Å²) in [4.78, 5) is 42.1. The second kappa shape index (κ2) is 10.2. The summed E-state index contributed by atoms with van der Waals surface area (Å²) in [6, 6.07) is 5.14. The van der Waals surface area contributed by atoms with Crippen LogP contribution < -0.4 is 11.1 Å². The molecule has 36 heavy (non-hydrogen) atoms. The molecule has 4 N–H and O–H groups in total. The summed E-state index contributed by atoms with van der Waals surface area (Å²) in [5.74, 6) is -0.766. The number of halogens is 1. The first kappa shape index (κ1) is 28.2. The van der Waals surface area contributed by atoms with Gasteiger partial charge in [0.2, 0.25) is 11.8 Å². The average Bonchev–Trinajstić information content (AvgIpc) is 3.08. The van der Waals surface area contributed by atoms with E-state index in [2.05, 4.69) is 5.32 Å². The molecule has 2 aliphatic rings. The van der Waals surface area contributed by atoms with Gasteiger partial charge >= 0.3 is 6.09 Å². The van der Waals surface area contributed by atoms with E-state index in [1.165, 1.54) is 9.80 Å². The summed E-state index contributed by atoms with van der Waals surface area (Å²) >= 11 is 6.11. The zero-order chi connectivity index (χ0) is 27.1. The largest absolute Gasteiger partial charge is 0.465 e. The van der Waals surface area contributed by atoms with E-state index < -0.39 is 40.9 Å². The number of rotatable bonds is 5. The minimum Gasteiger partial charge on any atom is -0.465 e. The summed E-state index contributed by atoms with van der Waals surface area (Å²) < 4.78 is 5.83. The molecule has 0 aromatic heterocycles. The number of hydrogen-bond acceptors (Lipinski definition) is 5. The molecule has 0 aliphatic carbocycles. The van der Waals surface area contributed by atoms with Crippen molar-refractivity contribution in [2.45, 2.75) is 90.2 Å². The van der Waals surface area contributed by atoms with Crippen LogP contribution in [-0.4, -0.2) is 75.4 Å². The first-order chi connectivity index (χ1) is 16.6. The maximum absolute atomic E-state index is 13.9. The molecule has 200 valence electrons. The average molecular weight is 523 g/mol. The van der Waals surface area contributed by atoms with Crippen LogP contribution in [0.5, 0.6) is 0 Å². The number of likely N-dealkylation sites (tertiary alicyclic amines) is 1. The van der Waals surface area contributed by atoms with Crippen LogP contribution in [0.3, 0.4) is 0 Å². The minimum atomic E-state index is -1.02. The number of carbonyl (C=O) groups is 3. The van der Waals surface area contributed by atoms with Crippen molar-refractivity contribution in [1.82, 2.24) is 15.1 Å². The highest BCUT2D eigenvalue weighted by molar-refractivity contribution is 6.30. The Balaban J connectivity index is 2.06. The number of benzene rings is 1.